The molecule has 2 aromatic rings. The van der Waals surface area contributed by atoms with Gasteiger partial charge in [-0.1, -0.05) is 0 Å². The molecule has 28 heavy (non-hydrogen) atoms. The van der Waals surface area contributed by atoms with Crippen LogP contribution in [0.3, 0.4) is 0 Å². The predicted octanol–water partition coefficient (Wildman–Crippen LogP) is 3.13. The molecule has 2 aliphatic heterocycles. The second kappa shape index (κ2) is 7.44. The normalized spacial score (nSPS) is 18.1. The van der Waals surface area contributed by atoms with Crippen LogP contribution in [0.25, 0.3) is 0 Å². The highest BCUT2D eigenvalue weighted by Gasteiger charge is 2.33. The van der Waals surface area contributed by atoms with Crippen molar-refractivity contribution in [2.24, 2.45) is 0 Å². The van der Waals surface area contributed by atoms with E-state index in [1.807, 2.05) is 17.9 Å². The lowest BCUT2D eigenvalue weighted by atomic mass is 10.2. The van der Waals surface area contributed by atoms with Crippen molar-refractivity contribution in [3.8, 4) is 0 Å². The smallest absolute Gasteiger partial charge is 0.368 e. The SMILES string of the molecule is Cc1nc(N2CCCC2)cc(N2CCN(c3ccnc(C(F)(F)F)c3)CC2)n1. The van der Waals surface area contributed by atoms with Crippen LogP contribution in [-0.4, -0.2) is 54.2 Å². The molecule has 0 N–H and O–H groups in total. The van der Waals surface area contributed by atoms with Crippen molar-refractivity contribution in [1.29, 1.82) is 0 Å². The summed E-state index contributed by atoms with van der Waals surface area (Å²) in [5.41, 5.74) is -0.298. The Morgan fingerprint density at radius 1 is 0.821 bits per heavy atom. The summed E-state index contributed by atoms with van der Waals surface area (Å²) in [5.74, 6) is 2.59. The first kappa shape index (κ1) is 18.8. The summed E-state index contributed by atoms with van der Waals surface area (Å²) in [7, 11) is 0. The molecule has 0 bridgehead atoms. The Bertz CT molecular complexity index is 827. The van der Waals surface area contributed by atoms with E-state index in [4.69, 9.17) is 0 Å². The van der Waals surface area contributed by atoms with Crippen LogP contribution in [0.4, 0.5) is 30.5 Å². The molecule has 0 amide bonds. The molecule has 9 heteroatoms. The van der Waals surface area contributed by atoms with Crippen molar-refractivity contribution >= 4 is 17.3 Å². The summed E-state index contributed by atoms with van der Waals surface area (Å²) in [6.07, 6.45) is -0.839. The maximum Gasteiger partial charge on any atom is 0.433 e. The topological polar surface area (TPSA) is 48.4 Å². The fourth-order valence-electron chi connectivity index (χ4n) is 3.77. The average molecular weight is 392 g/mol. The Kier molecular flexibility index (Phi) is 4.99. The molecule has 4 heterocycles. The van der Waals surface area contributed by atoms with Crippen LogP contribution in [0.2, 0.25) is 0 Å². The number of aromatic nitrogens is 3. The van der Waals surface area contributed by atoms with Crippen LogP contribution < -0.4 is 14.7 Å². The highest BCUT2D eigenvalue weighted by Crippen LogP contribution is 2.30. The molecular formula is C19H23F3N6. The van der Waals surface area contributed by atoms with Gasteiger partial charge in [0.2, 0.25) is 0 Å². The number of anilines is 3. The van der Waals surface area contributed by atoms with Crippen molar-refractivity contribution in [3.63, 3.8) is 0 Å². The zero-order valence-electron chi connectivity index (χ0n) is 15.8. The predicted molar refractivity (Wildman–Crippen MR) is 102 cm³/mol. The summed E-state index contributed by atoms with van der Waals surface area (Å²) in [6.45, 7) is 6.58. The lowest BCUT2D eigenvalue weighted by Gasteiger charge is -2.37. The molecular weight excluding hydrogens is 369 g/mol. The van der Waals surface area contributed by atoms with E-state index >= 15 is 0 Å². The molecule has 2 fully saturated rings. The van der Waals surface area contributed by atoms with Crippen LogP contribution >= 0.6 is 0 Å². The molecule has 0 radical (unpaired) electrons. The van der Waals surface area contributed by atoms with Crippen molar-refractivity contribution < 1.29 is 13.2 Å². The van der Waals surface area contributed by atoms with Gasteiger partial charge < -0.3 is 14.7 Å². The highest BCUT2D eigenvalue weighted by molar-refractivity contribution is 5.54. The van der Waals surface area contributed by atoms with Gasteiger partial charge in [0.25, 0.3) is 0 Å². The van der Waals surface area contributed by atoms with E-state index in [-0.39, 0.29) is 0 Å². The lowest BCUT2D eigenvalue weighted by molar-refractivity contribution is -0.141. The minimum atomic E-state index is -4.43. The molecule has 150 valence electrons. The molecule has 0 saturated carbocycles. The van der Waals surface area contributed by atoms with E-state index in [0.717, 1.165) is 36.6 Å². The van der Waals surface area contributed by atoms with Crippen molar-refractivity contribution in [3.05, 3.63) is 35.9 Å². The Morgan fingerprint density at radius 3 is 2.00 bits per heavy atom. The quantitative estimate of drug-likeness (QED) is 0.800. The lowest BCUT2D eigenvalue weighted by Crippen LogP contribution is -2.47. The number of pyridine rings is 1. The molecule has 6 nitrogen and oxygen atoms in total. The van der Waals surface area contributed by atoms with Crippen molar-refractivity contribution in [2.75, 3.05) is 54.0 Å². The number of rotatable bonds is 3. The molecule has 2 aromatic heterocycles. The van der Waals surface area contributed by atoms with Crippen LogP contribution in [0, 0.1) is 6.92 Å². The van der Waals surface area contributed by atoms with Gasteiger partial charge in [0.15, 0.2) is 0 Å². The number of alkyl halides is 3. The van der Waals surface area contributed by atoms with Crippen molar-refractivity contribution in [1.82, 2.24) is 15.0 Å². The van der Waals surface area contributed by atoms with E-state index in [1.165, 1.54) is 19.0 Å². The third-order valence-corrected chi connectivity index (χ3v) is 5.24. The van der Waals surface area contributed by atoms with Crippen molar-refractivity contribution in [2.45, 2.75) is 25.9 Å². The third-order valence-electron chi connectivity index (χ3n) is 5.24. The van der Waals surface area contributed by atoms with Gasteiger partial charge in [0.05, 0.1) is 0 Å². The zero-order valence-corrected chi connectivity index (χ0v) is 15.8. The van der Waals surface area contributed by atoms with Gasteiger partial charge in [-0.15, -0.1) is 0 Å². The zero-order chi connectivity index (χ0) is 19.7. The number of hydrogen-bond donors (Lipinski definition) is 0. The molecule has 2 aliphatic rings. The minimum Gasteiger partial charge on any atom is -0.368 e. The van der Waals surface area contributed by atoms with E-state index < -0.39 is 11.9 Å². The molecule has 0 unspecified atom stereocenters. The second-order valence-corrected chi connectivity index (χ2v) is 7.20. The van der Waals surface area contributed by atoms with Gasteiger partial charge in [-0.05, 0) is 31.9 Å². The molecule has 2 saturated heterocycles. The highest BCUT2D eigenvalue weighted by atomic mass is 19.4. The fraction of sp³-hybridized carbons (Fsp3) is 0.526. The summed E-state index contributed by atoms with van der Waals surface area (Å²) in [4.78, 5) is 19.0. The van der Waals surface area contributed by atoms with Crippen LogP contribution in [0.15, 0.2) is 24.4 Å². The van der Waals surface area contributed by atoms with Crippen LogP contribution in [0.1, 0.15) is 24.4 Å². The van der Waals surface area contributed by atoms with E-state index in [0.29, 0.717) is 31.9 Å². The third kappa shape index (κ3) is 3.98. The second-order valence-electron chi connectivity index (χ2n) is 7.20. The largest absolute Gasteiger partial charge is 0.433 e. The average Bonchev–Trinajstić information content (AvgIpc) is 3.22. The first-order valence-electron chi connectivity index (χ1n) is 9.54. The van der Waals surface area contributed by atoms with Gasteiger partial charge in [-0.2, -0.15) is 13.2 Å². The molecule has 0 spiro atoms. The Morgan fingerprint density at radius 2 is 1.39 bits per heavy atom. The molecule has 4 rings (SSSR count). The summed E-state index contributed by atoms with van der Waals surface area (Å²) in [5, 5.41) is 0. The maximum atomic E-state index is 12.9. The van der Waals surface area contributed by atoms with E-state index in [1.54, 1.807) is 6.07 Å². The molecule has 0 aliphatic carbocycles. The van der Waals surface area contributed by atoms with Crippen LogP contribution in [-0.2, 0) is 6.18 Å². The molecule has 0 aromatic carbocycles. The number of halogens is 3. The van der Waals surface area contributed by atoms with E-state index in [2.05, 4.69) is 24.8 Å². The van der Waals surface area contributed by atoms with E-state index in [9.17, 15) is 13.2 Å². The number of piperazine rings is 1. The maximum absolute atomic E-state index is 12.9. The van der Waals surface area contributed by atoms with Gasteiger partial charge in [-0.3, -0.25) is 4.98 Å². The van der Waals surface area contributed by atoms with Gasteiger partial charge in [0, 0.05) is 57.2 Å². The summed E-state index contributed by atoms with van der Waals surface area (Å²) >= 11 is 0. The number of aryl methyl sites for hydroxylation is 1. The first-order valence-corrected chi connectivity index (χ1v) is 9.54. The Labute approximate surface area is 162 Å². The fourth-order valence-corrected chi connectivity index (χ4v) is 3.77. The minimum absolute atomic E-state index is 0.554. The number of hydrogen-bond acceptors (Lipinski definition) is 6. The Hall–Kier alpha value is -2.58. The standard InChI is InChI=1S/C19H23F3N6/c1-14-24-17(27-6-2-3-7-27)13-18(25-14)28-10-8-26(9-11-28)15-4-5-23-16(12-15)19(20,21)22/h4-5,12-13H,2-3,6-11H2,1H3. The Balaban J connectivity index is 1.46. The monoisotopic (exact) mass is 392 g/mol. The first-order chi connectivity index (χ1) is 13.4. The van der Waals surface area contributed by atoms with Crippen LogP contribution in [0.5, 0.6) is 0 Å². The summed E-state index contributed by atoms with van der Waals surface area (Å²) in [6, 6.07) is 4.78. The van der Waals surface area contributed by atoms with Gasteiger partial charge in [-0.25, -0.2) is 9.97 Å². The van der Waals surface area contributed by atoms with Gasteiger partial charge >= 0.3 is 6.18 Å². The van der Waals surface area contributed by atoms with Gasteiger partial charge in [0.1, 0.15) is 23.2 Å². The summed E-state index contributed by atoms with van der Waals surface area (Å²) < 4.78 is 38.7. The molecule has 0 atom stereocenters. The number of nitrogens with zero attached hydrogens (tertiary/aromatic N) is 6.